The summed E-state index contributed by atoms with van der Waals surface area (Å²) in [6.45, 7) is 4.73. The molecule has 0 fully saturated rings. The topological polar surface area (TPSA) is 56.7 Å². The lowest BCUT2D eigenvalue weighted by Gasteiger charge is -2.22. The second-order valence-electron chi connectivity index (χ2n) is 16.0. The summed E-state index contributed by atoms with van der Waals surface area (Å²) in [6, 6.07) is 64.1. The molecule has 0 bridgehead atoms. The van der Waals surface area contributed by atoms with Crippen molar-refractivity contribution in [1.29, 1.82) is 0 Å². The van der Waals surface area contributed by atoms with Crippen LogP contribution < -0.4 is 0 Å². The van der Waals surface area contributed by atoms with Gasteiger partial charge in [0.15, 0.2) is 17.5 Å². The monoisotopic (exact) mass is 756 g/mol. The summed E-state index contributed by atoms with van der Waals surface area (Å²) in [6.07, 6.45) is 0. The van der Waals surface area contributed by atoms with Crippen molar-refractivity contribution in [3.63, 3.8) is 0 Å². The summed E-state index contributed by atoms with van der Waals surface area (Å²) >= 11 is 0. The molecule has 11 aromatic rings. The van der Waals surface area contributed by atoms with Gasteiger partial charge in [0.1, 0.15) is 11.2 Å². The minimum atomic E-state index is -0.130. The van der Waals surface area contributed by atoms with E-state index in [0.717, 1.165) is 55.4 Å². The van der Waals surface area contributed by atoms with Gasteiger partial charge in [-0.1, -0.05) is 141 Å². The van der Waals surface area contributed by atoms with E-state index in [2.05, 4.69) is 170 Å². The highest BCUT2D eigenvalue weighted by Gasteiger charge is 2.38. The molecule has 0 radical (unpaired) electrons. The summed E-state index contributed by atoms with van der Waals surface area (Å²) in [5, 5.41) is 4.73. The van der Waals surface area contributed by atoms with Gasteiger partial charge < -0.3 is 8.98 Å². The van der Waals surface area contributed by atoms with Crippen LogP contribution in [0.3, 0.4) is 0 Å². The SMILES string of the molecule is CC1(C)c2ccccc2-c2ccc3c(c21)c1ccccc1n3-c1ccc(-c2nc(-c3ccc(-c4ccccc4)cc3)nc(-c3ccc4c(c3)oc3ccccc34)n2)cc1. The largest absolute Gasteiger partial charge is 0.456 e. The Balaban J connectivity index is 0.992. The zero-order valence-electron chi connectivity index (χ0n) is 32.5. The minimum absolute atomic E-state index is 0.130. The van der Waals surface area contributed by atoms with E-state index in [4.69, 9.17) is 19.4 Å². The van der Waals surface area contributed by atoms with Crippen molar-refractivity contribution in [2.24, 2.45) is 0 Å². The molecule has 8 aromatic carbocycles. The molecule has 1 aliphatic carbocycles. The predicted octanol–water partition coefficient (Wildman–Crippen LogP) is 13.8. The molecule has 5 nitrogen and oxygen atoms in total. The van der Waals surface area contributed by atoms with Gasteiger partial charge >= 0.3 is 0 Å². The second-order valence-corrected chi connectivity index (χ2v) is 16.0. The van der Waals surface area contributed by atoms with Gasteiger partial charge in [0.05, 0.1) is 11.0 Å². The van der Waals surface area contributed by atoms with Crippen LogP contribution in [0.4, 0.5) is 0 Å². The van der Waals surface area contributed by atoms with Crippen LogP contribution in [0.2, 0.25) is 0 Å². The van der Waals surface area contributed by atoms with Crippen molar-refractivity contribution in [1.82, 2.24) is 19.5 Å². The van der Waals surface area contributed by atoms with Gasteiger partial charge in [-0.15, -0.1) is 0 Å². The molecule has 5 heteroatoms. The molecule has 0 atom stereocenters. The second kappa shape index (κ2) is 12.7. The first-order chi connectivity index (χ1) is 29.0. The Morgan fingerprint density at radius 1 is 0.424 bits per heavy atom. The third-order valence-electron chi connectivity index (χ3n) is 12.3. The van der Waals surface area contributed by atoms with E-state index in [1.165, 1.54) is 44.1 Å². The van der Waals surface area contributed by atoms with E-state index >= 15 is 0 Å². The van der Waals surface area contributed by atoms with Crippen LogP contribution in [-0.4, -0.2) is 19.5 Å². The molecule has 59 heavy (non-hydrogen) atoms. The Hall–Kier alpha value is -7.63. The van der Waals surface area contributed by atoms with Crippen LogP contribution in [-0.2, 0) is 5.41 Å². The van der Waals surface area contributed by atoms with E-state index in [1.54, 1.807) is 0 Å². The number of hydrogen-bond acceptors (Lipinski definition) is 4. The van der Waals surface area contributed by atoms with Crippen molar-refractivity contribution in [3.8, 4) is 62.1 Å². The van der Waals surface area contributed by atoms with Crippen molar-refractivity contribution in [2.45, 2.75) is 19.3 Å². The average molecular weight is 757 g/mol. The number of hydrogen-bond donors (Lipinski definition) is 0. The minimum Gasteiger partial charge on any atom is -0.456 e. The molecule has 0 aliphatic heterocycles. The Bertz CT molecular complexity index is 3450. The van der Waals surface area contributed by atoms with Crippen LogP contribution in [0.1, 0.15) is 25.0 Å². The number of aromatic nitrogens is 4. The Morgan fingerprint density at radius 2 is 1.00 bits per heavy atom. The highest BCUT2D eigenvalue weighted by atomic mass is 16.3. The fourth-order valence-corrected chi connectivity index (χ4v) is 9.44. The highest BCUT2D eigenvalue weighted by molar-refractivity contribution is 6.14. The van der Waals surface area contributed by atoms with Crippen molar-refractivity contribution < 1.29 is 4.42 Å². The lowest BCUT2D eigenvalue weighted by atomic mass is 9.80. The Morgan fingerprint density at radius 3 is 1.78 bits per heavy atom. The van der Waals surface area contributed by atoms with Crippen LogP contribution >= 0.6 is 0 Å². The predicted molar refractivity (Wildman–Crippen MR) is 241 cm³/mol. The Kier molecular flexibility index (Phi) is 7.20. The molecular formula is C54H36N4O. The van der Waals surface area contributed by atoms with Gasteiger partial charge in [-0.25, -0.2) is 15.0 Å². The van der Waals surface area contributed by atoms with Gasteiger partial charge in [0.2, 0.25) is 0 Å². The highest BCUT2D eigenvalue weighted by Crippen LogP contribution is 2.53. The molecule has 278 valence electrons. The lowest BCUT2D eigenvalue weighted by Crippen LogP contribution is -2.15. The molecule has 0 unspecified atom stereocenters. The summed E-state index contributed by atoms with van der Waals surface area (Å²) in [5.41, 5.74) is 15.4. The number of rotatable bonds is 5. The Labute approximate surface area is 340 Å². The quantitative estimate of drug-likeness (QED) is 0.175. The van der Waals surface area contributed by atoms with E-state index < -0.39 is 0 Å². The average Bonchev–Trinajstić information content (AvgIpc) is 3.91. The summed E-state index contributed by atoms with van der Waals surface area (Å²) in [7, 11) is 0. The summed E-state index contributed by atoms with van der Waals surface area (Å²) in [4.78, 5) is 15.3. The fourth-order valence-electron chi connectivity index (χ4n) is 9.44. The number of furan rings is 1. The third-order valence-corrected chi connectivity index (χ3v) is 12.3. The molecule has 3 aromatic heterocycles. The maximum atomic E-state index is 6.29. The fraction of sp³-hybridized carbons (Fsp3) is 0.0556. The zero-order chi connectivity index (χ0) is 39.2. The summed E-state index contributed by atoms with van der Waals surface area (Å²) in [5.74, 6) is 1.80. The third kappa shape index (κ3) is 5.14. The lowest BCUT2D eigenvalue weighted by molar-refractivity contribution is 0.666. The van der Waals surface area contributed by atoms with E-state index in [-0.39, 0.29) is 5.41 Å². The van der Waals surface area contributed by atoms with E-state index in [0.29, 0.717) is 17.5 Å². The van der Waals surface area contributed by atoms with Crippen LogP contribution in [0.25, 0.3) is 106 Å². The number of para-hydroxylation sites is 2. The van der Waals surface area contributed by atoms with E-state index in [9.17, 15) is 0 Å². The van der Waals surface area contributed by atoms with Gasteiger partial charge in [0, 0.05) is 49.3 Å². The molecule has 0 amide bonds. The molecule has 0 saturated heterocycles. The number of nitrogens with zero attached hydrogens (tertiary/aromatic N) is 4. The van der Waals surface area contributed by atoms with Gasteiger partial charge in [-0.2, -0.15) is 0 Å². The maximum absolute atomic E-state index is 6.29. The van der Waals surface area contributed by atoms with Crippen LogP contribution in [0.15, 0.2) is 186 Å². The molecule has 1 aliphatic rings. The molecule has 12 rings (SSSR count). The van der Waals surface area contributed by atoms with Crippen molar-refractivity contribution in [3.05, 3.63) is 193 Å². The van der Waals surface area contributed by atoms with Crippen molar-refractivity contribution in [2.75, 3.05) is 0 Å². The first kappa shape index (κ1) is 33.5. The summed E-state index contributed by atoms with van der Waals surface area (Å²) < 4.78 is 8.69. The van der Waals surface area contributed by atoms with Crippen LogP contribution in [0.5, 0.6) is 0 Å². The molecule has 0 saturated carbocycles. The van der Waals surface area contributed by atoms with Gasteiger partial charge in [-0.05, 0) is 88.0 Å². The smallest absolute Gasteiger partial charge is 0.164 e. The normalized spacial score (nSPS) is 13.1. The molecular weight excluding hydrogens is 721 g/mol. The molecule has 3 heterocycles. The maximum Gasteiger partial charge on any atom is 0.164 e. The standard InChI is InChI=1S/C54H36N4O/c1-54(2)44-17-9-6-14-39(44)42-30-31-46-49(50(42)54)43-16-7-10-18-45(43)58(46)38-27-24-36(25-28-38)52-55-51(35-22-20-34(21-23-35)33-12-4-3-5-13-33)56-53(57-52)37-26-29-41-40-15-8-11-19-47(40)59-48(41)32-37/h3-32H,1-2H3. The van der Waals surface area contributed by atoms with Crippen molar-refractivity contribution >= 4 is 43.7 Å². The van der Waals surface area contributed by atoms with Gasteiger partial charge in [-0.3, -0.25) is 0 Å². The van der Waals surface area contributed by atoms with E-state index in [1.807, 2.05) is 30.3 Å². The zero-order valence-corrected chi connectivity index (χ0v) is 32.5. The number of fused-ring (bicyclic) bond motifs is 10. The van der Waals surface area contributed by atoms with Gasteiger partial charge in [0.25, 0.3) is 0 Å². The molecule has 0 N–H and O–H groups in total. The number of benzene rings is 8. The first-order valence-corrected chi connectivity index (χ1v) is 20.1. The van der Waals surface area contributed by atoms with Crippen LogP contribution in [0, 0.1) is 0 Å². The molecule has 0 spiro atoms. The first-order valence-electron chi connectivity index (χ1n) is 20.1.